The Morgan fingerprint density at radius 3 is 2.09 bits per heavy atom. The quantitative estimate of drug-likeness (QED) is 0.568. The van der Waals surface area contributed by atoms with Gasteiger partial charge in [-0.25, -0.2) is 0 Å². The van der Waals surface area contributed by atoms with Crippen LogP contribution >= 0.6 is 0 Å². The van der Waals surface area contributed by atoms with Gasteiger partial charge in [0, 0.05) is 6.42 Å². The van der Waals surface area contributed by atoms with Crippen molar-refractivity contribution in [1.82, 2.24) is 0 Å². The zero-order valence-electron chi connectivity index (χ0n) is 7.77. The molecule has 0 aliphatic heterocycles. The molecule has 0 rings (SSSR count). The smallest absolute Gasteiger partial charge is 0.133 e. The first-order valence-electron chi connectivity index (χ1n) is 3.83. The Morgan fingerprint density at radius 1 is 1.18 bits per heavy atom. The second-order valence-electron chi connectivity index (χ2n) is 3.08. The standard InChI is InChI=1S/C10H16O/c1-8(2)7-9(3)5-6-10(4)11/h5,7H,6H2,1-4H3. The van der Waals surface area contributed by atoms with Crippen molar-refractivity contribution in [3.05, 3.63) is 23.3 Å². The van der Waals surface area contributed by atoms with Crippen LogP contribution in [0.25, 0.3) is 0 Å². The predicted molar refractivity (Wildman–Crippen MR) is 48.5 cm³/mol. The van der Waals surface area contributed by atoms with Crippen molar-refractivity contribution >= 4 is 5.78 Å². The third kappa shape index (κ3) is 7.04. The minimum atomic E-state index is 0.214. The topological polar surface area (TPSA) is 17.1 Å². The highest BCUT2D eigenvalue weighted by Gasteiger charge is 1.88. The number of Topliss-reactive ketones (excluding diaryl/α,β-unsaturated/α-hetero) is 1. The van der Waals surface area contributed by atoms with E-state index in [1.807, 2.05) is 26.8 Å². The van der Waals surface area contributed by atoms with Crippen LogP contribution in [0.4, 0.5) is 0 Å². The van der Waals surface area contributed by atoms with Crippen LogP contribution in [-0.2, 0) is 4.79 Å². The van der Waals surface area contributed by atoms with Crippen LogP contribution in [-0.4, -0.2) is 5.78 Å². The van der Waals surface area contributed by atoms with Gasteiger partial charge in [-0.05, 0) is 27.7 Å². The van der Waals surface area contributed by atoms with Crippen LogP contribution in [0.1, 0.15) is 34.1 Å². The predicted octanol–water partition coefficient (Wildman–Crippen LogP) is 2.88. The maximum Gasteiger partial charge on any atom is 0.133 e. The lowest BCUT2D eigenvalue weighted by Gasteiger charge is -1.92. The van der Waals surface area contributed by atoms with Crippen LogP contribution in [0.2, 0.25) is 0 Å². The van der Waals surface area contributed by atoms with Gasteiger partial charge in [-0.1, -0.05) is 23.3 Å². The van der Waals surface area contributed by atoms with E-state index in [0.717, 1.165) is 0 Å². The van der Waals surface area contributed by atoms with Crippen LogP contribution in [0.5, 0.6) is 0 Å². The minimum absolute atomic E-state index is 0.214. The summed E-state index contributed by atoms with van der Waals surface area (Å²) in [5.74, 6) is 0.214. The van der Waals surface area contributed by atoms with Crippen molar-refractivity contribution in [3.8, 4) is 0 Å². The van der Waals surface area contributed by atoms with E-state index in [-0.39, 0.29) is 5.78 Å². The highest BCUT2D eigenvalue weighted by molar-refractivity contribution is 5.77. The van der Waals surface area contributed by atoms with Gasteiger partial charge in [-0.3, -0.25) is 4.79 Å². The number of hydrogen-bond donors (Lipinski definition) is 0. The summed E-state index contributed by atoms with van der Waals surface area (Å²) in [5.41, 5.74) is 2.43. The summed E-state index contributed by atoms with van der Waals surface area (Å²) in [5, 5.41) is 0. The Balaban J connectivity index is 4.02. The lowest BCUT2D eigenvalue weighted by atomic mass is 10.1. The van der Waals surface area contributed by atoms with Crippen LogP contribution < -0.4 is 0 Å². The Labute approximate surface area is 68.8 Å². The van der Waals surface area contributed by atoms with E-state index in [2.05, 4.69) is 6.08 Å². The van der Waals surface area contributed by atoms with E-state index in [9.17, 15) is 4.79 Å². The van der Waals surface area contributed by atoms with Crippen molar-refractivity contribution in [1.29, 1.82) is 0 Å². The summed E-state index contributed by atoms with van der Waals surface area (Å²) in [6.45, 7) is 7.71. The van der Waals surface area contributed by atoms with Crippen molar-refractivity contribution in [2.45, 2.75) is 34.1 Å². The van der Waals surface area contributed by atoms with E-state index >= 15 is 0 Å². The molecule has 0 aromatic rings. The molecule has 0 aromatic heterocycles. The number of rotatable bonds is 3. The van der Waals surface area contributed by atoms with Gasteiger partial charge >= 0.3 is 0 Å². The minimum Gasteiger partial charge on any atom is -0.300 e. The summed E-state index contributed by atoms with van der Waals surface area (Å²) in [6.07, 6.45) is 4.58. The Morgan fingerprint density at radius 2 is 1.73 bits per heavy atom. The molecule has 1 nitrogen and oxygen atoms in total. The number of hydrogen-bond acceptors (Lipinski definition) is 1. The summed E-state index contributed by atoms with van der Waals surface area (Å²) in [6, 6.07) is 0. The van der Waals surface area contributed by atoms with E-state index in [1.54, 1.807) is 6.92 Å². The molecule has 0 bridgehead atoms. The average molecular weight is 152 g/mol. The lowest BCUT2D eigenvalue weighted by Crippen LogP contribution is -1.85. The number of carbonyl (C=O) groups is 1. The molecule has 0 aliphatic carbocycles. The molecule has 0 atom stereocenters. The molecule has 0 N–H and O–H groups in total. The molecule has 0 amide bonds. The second kappa shape index (κ2) is 4.89. The molecule has 0 radical (unpaired) electrons. The van der Waals surface area contributed by atoms with Gasteiger partial charge in [0.25, 0.3) is 0 Å². The Hall–Kier alpha value is -0.850. The van der Waals surface area contributed by atoms with Crippen molar-refractivity contribution in [3.63, 3.8) is 0 Å². The van der Waals surface area contributed by atoms with E-state index in [0.29, 0.717) is 6.42 Å². The normalized spacial score (nSPS) is 11.1. The zero-order valence-corrected chi connectivity index (χ0v) is 7.77. The Kier molecular flexibility index (Phi) is 4.51. The number of carbonyl (C=O) groups excluding carboxylic acids is 1. The number of allylic oxidation sites excluding steroid dienone is 4. The molecule has 0 aromatic carbocycles. The summed E-state index contributed by atoms with van der Waals surface area (Å²) >= 11 is 0. The molecule has 0 fully saturated rings. The molecule has 0 unspecified atom stereocenters. The van der Waals surface area contributed by atoms with Gasteiger partial charge in [-0.2, -0.15) is 0 Å². The molecule has 0 aliphatic rings. The fourth-order valence-electron chi connectivity index (χ4n) is 0.819. The van der Waals surface area contributed by atoms with Crippen LogP contribution in [0, 0.1) is 0 Å². The van der Waals surface area contributed by atoms with Crippen LogP contribution in [0.3, 0.4) is 0 Å². The third-order valence-corrected chi connectivity index (χ3v) is 1.23. The zero-order chi connectivity index (χ0) is 8.85. The number of ketones is 1. The van der Waals surface area contributed by atoms with E-state index in [4.69, 9.17) is 0 Å². The molecule has 0 saturated heterocycles. The third-order valence-electron chi connectivity index (χ3n) is 1.23. The highest BCUT2D eigenvalue weighted by atomic mass is 16.1. The monoisotopic (exact) mass is 152 g/mol. The maximum absolute atomic E-state index is 10.6. The largest absolute Gasteiger partial charge is 0.300 e. The highest BCUT2D eigenvalue weighted by Crippen LogP contribution is 2.01. The molecular weight excluding hydrogens is 136 g/mol. The van der Waals surface area contributed by atoms with Gasteiger partial charge in [0.15, 0.2) is 0 Å². The molecule has 0 heterocycles. The second-order valence-corrected chi connectivity index (χ2v) is 3.08. The first-order chi connectivity index (χ1) is 5.02. The molecule has 11 heavy (non-hydrogen) atoms. The molecule has 0 saturated carbocycles. The molecule has 62 valence electrons. The lowest BCUT2D eigenvalue weighted by molar-refractivity contribution is -0.116. The van der Waals surface area contributed by atoms with Crippen molar-refractivity contribution in [2.24, 2.45) is 0 Å². The van der Waals surface area contributed by atoms with Crippen LogP contribution in [0.15, 0.2) is 23.3 Å². The van der Waals surface area contributed by atoms with E-state index in [1.165, 1.54) is 11.1 Å². The van der Waals surface area contributed by atoms with Gasteiger partial charge in [0.1, 0.15) is 5.78 Å². The van der Waals surface area contributed by atoms with Gasteiger partial charge in [0.05, 0.1) is 0 Å². The SMILES string of the molecule is CC(=O)CC=C(C)C=C(C)C. The van der Waals surface area contributed by atoms with Gasteiger partial charge < -0.3 is 0 Å². The van der Waals surface area contributed by atoms with Gasteiger partial charge in [0.2, 0.25) is 0 Å². The fourth-order valence-corrected chi connectivity index (χ4v) is 0.819. The average Bonchev–Trinajstić information content (AvgIpc) is 1.82. The Bertz CT molecular complexity index is 193. The van der Waals surface area contributed by atoms with Crippen molar-refractivity contribution in [2.75, 3.05) is 0 Å². The maximum atomic E-state index is 10.6. The summed E-state index contributed by atoms with van der Waals surface area (Å²) in [7, 11) is 0. The summed E-state index contributed by atoms with van der Waals surface area (Å²) in [4.78, 5) is 10.6. The first kappa shape index (κ1) is 10.2. The molecule has 0 spiro atoms. The molecular formula is C10H16O. The molecule has 1 heteroatoms. The van der Waals surface area contributed by atoms with Gasteiger partial charge in [-0.15, -0.1) is 0 Å². The summed E-state index contributed by atoms with van der Waals surface area (Å²) < 4.78 is 0. The van der Waals surface area contributed by atoms with E-state index < -0.39 is 0 Å². The fraction of sp³-hybridized carbons (Fsp3) is 0.500. The van der Waals surface area contributed by atoms with Crippen molar-refractivity contribution < 1.29 is 4.79 Å². The first-order valence-corrected chi connectivity index (χ1v) is 3.83.